The fraction of sp³-hybridized carbons (Fsp3) is 0.269. The summed E-state index contributed by atoms with van der Waals surface area (Å²) in [6.45, 7) is 2.14. The van der Waals surface area contributed by atoms with Crippen molar-refractivity contribution in [2.45, 2.75) is 43.5 Å². The van der Waals surface area contributed by atoms with Gasteiger partial charge in [-0.25, -0.2) is 8.42 Å². The molecular weight excluding hydrogens is 472 g/mol. The van der Waals surface area contributed by atoms with Crippen LogP contribution in [0.4, 0.5) is 5.69 Å². The van der Waals surface area contributed by atoms with E-state index in [9.17, 15) is 13.2 Å². The summed E-state index contributed by atoms with van der Waals surface area (Å²) in [5.74, 6) is -0.0880. The van der Waals surface area contributed by atoms with Crippen molar-refractivity contribution < 1.29 is 17.9 Å². The largest absolute Gasteiger partial charge is 0.495 e. The van der Waals surface area contributed by atoms with Crippen LogP contribution in [-0.2, 0) is 27.7 Å². The molecule has 2 N–H and O–H groups in total. The van der Waals surface area contributed by atoms with E-state index in [-0.39, 0.29) is 16.3 Å². The lowest BCUT2D eigenvalue weighted by Gasteiger charge is -2.19. The van der Waals surface area contributed by atoms with Gasteiger partial charge in [0.25, 0.3) is 0 Å². The second kappa shape index (κ2) is 12.0. The van der Waals surface area contributed by atoms with Gasteiger partial charge in [0, 0.05) is 5.69 Å². The molecule has 0 aliphatic rings. The summed E-state index contributed by atoms with van der Waals surface area (Å²) in [6.07, 6.45) is 3.37. The molecule has 0 bridgehead atoms. The number of hydrogen-bond acceptors (Lipinski definition) is 4. The summed E-state index contributed by atoms with van der Waals surface area (Å²) in [5, 5.41) is 3.00. The van der Waals surface area contributed by atoms with Gasteiger partial charge in [-0.05, 0) is 60.7 Å². The molecule has 0 aromatic heterocycles. The van der Waals surface area contributed by atoms with Gasteiger partial charge >= 0.3 is 0 Å². The maximum absolute atomic E-state index is 13.2. The first-order valence-electron chi connectivity index (χ1n) is 11.1. The zero-order valence-electron chi connectivity index (χ0n) is 19.3. The molecular formula is C26H29ClN2O4S. The van der Waals surface area contributed by atoms with Crippen LogP contribution in [-0.4, -0.2) is 27.5 Å². The zero-order valence-corrected chi connectivity index (χ0v) is 20.8. The summed E-state index contributed by atoms with van der Waals surface area (Å²) < 4.78 is 33.8. The van der Waals surface area contributed by atoms with Crippen LogP contribution in [0.25, 0.3) is 0 Å². The molecule has 0 spiro atoms. The van der Waals surface area contributed by atoms with Gasteiger partial charge in [0.15, 0.2) is 0 Å². The van der Waals surface area contributed by atoms with Gasteiger partial charge in [0.2, 0.25) is 15.9 Å². The van der Waals surface area contributed by atoms with E-state index < -0.39 is 22.0 Å². The highest BCUT2D eigenvalue weighted by Gasteiger charge is 2.27. The van der Waals surface area contributed by atoms with Gasteiger partial charge in [-0.1, -0.05) is 67.4 Å². The predicted molar refractivity (Wildman–Crippen MR) is 136 cm³/mol. The van der Waals surface area contributed by atoms with Crippen LogP contribution < -0.4 is 14.8 Å². The minimum atomic E-state index is -4.03. The van der Waals surface area contributed by atoms with E-state index in [1.807, 2.05) is 54.6 Å². The molecule has 0 heterocycles. The molecule has 1 unspecified atom stereocenters. The first kappa shape index (κ1) is 25.7. The van der Waals surface area contributed by atoms with E-state index in [0.717, 1.165) is 24.8 Å². The van der Waals surface area contributed by atoms with Gasteiger partial charge in [0.05, 0.1) is 17.0 Å². The lowest BCUT2D eigenvalue weighted by Crippen LogP contribution is -2.45. The normalized spacial score (nSPS) is 12.2. The third-order valence-electron chi connectivity index (χ3n) is 5.37. The van der Waals surface area contributed by atoms with Gasteiger partial charge < -0.3 is 10.1 Å². The van der Waals surface area contributed by atoms with Crippen molar-refractivity contribution in [3.05, 3.63) is 88.9 Å². The van der Waals surface area contributed by atoms with E-state index >= 15 is 0 Å². The van der Waals surface area contributed by atoms with Gasteiger partial charge in [-0.15, -0.1) is 0 Å². The lowest BCUT2D eigenvalue weighted by atomic mass is 10.1. The summed E-state index contributed by atoms with van der Waals surface area (Å²) in [7, 11) is -2.58. The molecule has 34 heavy (non-hydrogen) atoms. The first-order valence-corrected chi connectivity index (χ1v) is 13.0. The van der Waals surface area contributed by atoms with Crippen molar-refractivity contribution >= 4 is 33.2 Å². The predicted octanol–water partition coefficient (Wildman–Crippen LogP) is 5.22. The molecule has 8 heteroatoms. The topological polar surface area (TPSA) is 84.5 Å². The fourth-order valence-electron chi connectivity index (χ4n) is 3.47. The van der Waals surface area contributed by atoms with Crippen LogP contribution in [0.1, 0.15) is 30.9 Å². The quantitative estimate of drug-likeness (QED) is 0.378. The SMILES string of the molecule is CCCCc1ccc(NC(=O)C(Cc2ccccc2)NS(=O)(=O)c2ccc(OC)c(Cl)c2)cc1. The van der Waals surface area contributed by atoms with E-state index in [0.29, 0.717) is 11.4 Å². The fourth-order valence-corrected chi connectivity index (χ4v) is 5.02. The zero-order chi connectivity index (χ0) is 24.6. The number of anilines is 1. The number of amides is 1. The van der Waals surface area contributed by atoms with Crippen LogP contribution in [0.3, 0.4) is 0 Å². The van der Waals surface area contributed by atoms with Crippen LogP contribution in [0.15, 0.2) is 77.7 Å². The smallest absolute Gasteiger partial charge is 0.242 e. The molecule has 0 aliphatic carbocycles. The maximum atomic E-state index is 13.2. The minimum Gasteiger partial charge on any atom is -0.495 e. The van der Waals surface area contributed by atoms with Crippen LogP contribution in [0, 0.1) is 0 Å². The molecule has 1 amide bonds. The maximum Gasteiger partial charge on any atom is 0.242 e. The summed E-state index contributed by atoms with van der Waals surface area (Å²) in [5.41, 5.74) is 2.63. The van der Waals surface area contributed by atoms with Gasteiger partial charge in [-0.3, -0.25) is 4.79 Å². The van der Waals surface area contributed by atoms with Crippen LogP contribution in [0.2, 0.25) is 5.02 Å². The number of rotatable bonds is 11. The molecule has 3 aromatic rings. The molecule has 3 rings (SSSR count). The number of aryl methyl sites for hydroxylation is 1. The molecule has 6 nitrogen and oxygen atoms in total. The van der Waals surface area contributed by atoms with Gasteiger partial charge in [0.1, 0.15) is 11.8 Å². The molecule has 0 aliphatic heterocycles. The Bertz CT molecular complexity index is 1200. The molecule has 0 saturated heterocycles. The highest BCUT2D eigenvalue weighted by Crippen LogP contribution is 2.27. The Hall–Kier alpha value is -2.87. The van der Waals surface area contributed by atoms with Crippen molar-refractivity contribution in [2.24, 2.45) is 0 Å². The number of carbonyl (C=O) groups is 1. The lowest BCUT2D eigenvalue weighted by molar-refractivity contribution is -0.117. The highest BCUT2D eigenvalue weighted by atomic mass is 35.5. The number of nitrogens with one attached hydrogen (secondary N) is 2. The summed E-state index contributed by atoms with van der Waals surface area (Å²) >= 11 is 6.12. The van der Waals surface area contributed by atoms with Crippen molar-refractivity contribution in [1.29, 1.82) is 0 Å². The molecule has 3 aromatic carbocycles. The number of benzene rings is 3. The number of sulfonamides is 1. The number of hydrogen-bond donors (Lipinski definition) is 2. The average molecular weight is 501 g/mol. The van der Waals surface area contributed by atoms with Crippen molar-refractivity contribution in [2.75, 3.05) is 12.4 Å². The van der Waals surface area contributed by atoms with Crippen LogP contribution in [0.5, 0.6) is 5.75 Å². The average Bonchev–Trinajstić information content (AvgIpc) is 2.83. The minimum absolute atomic E-state index is 0.0514. The van der Waals surface area contributed by atoms with E-state index in [1.54, 1.807) is 0 Å². The van der Waals surface area contributed by atoms with Crippen molar-refractivity contribution in [3.63, 3.8) is 0 Å². The number of methoxy groups -OCH3 is 1. The molecule has 0 fully saturated rings. The van der Waals surface area contributed by atoms with Crippen molar-refractivity contribution in [3.8, 4) is 5.75 Å². The Morgan fingerprint density at radius 2 is 1.71 bits per heavy atom. The second-order valence-corrected chi connectivity index (χ2v) is 10.1. The monoisotopic (exact) mass is 500 g/mol. The highest BCUT2D eigenvalue weighted by molar-refractivity contribution is 7.89. The molecule has 1 atom stereocenters. The number of carbonyl (C=O) groups excluding carboxylic acids is 1. The van der Waals surface area contributed by atoms with Crippen LogP contribution >= 0.6 is 11.6 Å². The van der Waals surface area contributed by atoms with E-state index in [1.165, 1.54) is 30.9 Å². The Balaban J connectivity index is 1.81. The van der Waals surface area contributed by atoms with E-state index in [2.05, 4.69) is 17.0 Å². The Labute approximate surface area is 206 Å². The first-order chi connectivity index (χ1) is 16.3. The molecule has 0 radical (unpaired) electrons. The van der Waals surface area contributed by atoms with Gasteiger partial charge in [-0.2, -0.15) is 4.72 Å². The third-order valence-corrected chi connectivity index (χ3v) is 7.14. The third kappa shape index (κ3) is 7.06. The van der Waals surface area contributed by atoms with E-state index in [4.69, 9.17) is 16.3 Å². The Morgan fingerprint density at radius 1 is 1.00 bits per heavy atom. The van der Waals surface area contributed by atoms with Crippen molar-refractivity contribution in [1.82, 2.24) is 4.72 Å². The summed E-state index contributed by atoms with van der Waals surface area (Å²) in [6, 6.07) is 20.0. The second-order valence-electron chi connectivity index (χ2n) is 7.95. The molecule has 0 saturated carbocycles. The Kier molecular flexibility index (Phi) is 9.10. The number of ether oxygens (including phenoxy) is 1. The molecule has 180 valence electrons. The summed E-state index contributed by atoms with van der Waals surface area (Å²) in [4.78, 5) is 13.1. The number of unbranched alkanes of at least 4 members (excludes halogenated alkanes) is 1. The standard InChI is InChI=1S/C26H29ClN2O4S/c1-3-4-8-19-11-13-21(14-12-19)28-26(30)24(17-20-9-6-5-7-10-20)29-34(31,32)22-15-16-25(33-2)23(27)18-22/h5-7,9-16,18,24,29H,3-4,8,17H2,1-2H3,(H,28,30). The number of halogens is 1. The Morgan fingerprint density at radius 3 is 2.32 bits per heavy atom.